The molecular formula is C38H76. The van der Waals surface area contributed by atoms with Gasteiger partial charge in [0.05, 0.1) is 0 Å². The first-order chi connectivity index (χ1) is 18.9. The minimum absolute atomic E-state index is 1.29. The number of rotatable bonds is 34. The van der Waals surface area contributed by atoms with Crippen molar-refractivity contribution in [3.63, 3.8) is 0 Å². The Balaban J connectivity index is 3.02. The Labute approximate surface area is 244 Å². The molecule has 0 aromatic heterocycles. The highest BCUT2D eigenvalue weighted by Gasteiger charge is 1.97. The van der Waals surface area contributed by atoms with Crippen molar-refractivity contribution >= 4 is 0 Å². The van der Waals surface area contributed by atoms with Crippen LogP contribution in [0.5, 0.6) is 0 Å². The zero-order valence-corrected chi connectivity index (χ0v) is 27.2. The standard InChI is InChI=1S/C38H76/c1-3-5-7-9-11-13-15-17-19-21-23-25-27-29-31-33-35-37-38-36-34-32-30-28-26-24-22-20-18-16-14-12-10-8-6-4-2/h3,5H,4,6-38H2,1-2H3. The summed E-state index contributed by atoms with van der Waals surface area (Å²) in [6.07, 6.45) is 54.6. The zero-order chi connectivity index (χ0) is 27.5. The minimum Gasteiger partial charge on any atom is -0.0917 e. The molecule has 0 bridgehead atoms. The van der Waals surface area contributed by atoms with Crippen LogP contribution in [0, 0.1) is 0 Å². The highest BCUT2D eigenvalue weighted by molar-refractivity contribution is 4.76. The van der Waals surface area contributed by atoms with Gasteiger partial charge in [0.1, 0.15) is 0 Å². The van der Waals surface area contributed by atoms with Crippen molar-refractivity contribution in [2.45, 2.75) is 232 Å². The molecule has 0 heterocycles. The van der Waals surface area contributed by atoms with Crippen LogP contribution >= 0.6 is 0 Å². The second kappa shape index (κ2) is 36.7. The first kappa shape index (κ1) is 37.7. The van der Waals surface area contributed by atoms with Crippen molar-refractivity contribution in [2.75, 3.05) is 0 Å². The maximum absolute atomic E-state index is 2.31. The molecule has 0 nitrogen and oxygen atoms in total. The van der Waals surface area contributed by atoms with Crippen LogP contribution in [0.3, 0.4) is 0 Å². The van der Waals surface area contributed by atoms with Crippen LogP contribution in [0.2, 0.25) is 0 Å². The number of hydrogen-bond donors (Lipinski definition) is 0. The normalized spacial score (nSPS) is 11.7. The molecule has 0 rings (SSSR count). The van der Waals surface area contributed by atoms with E-state index in [4.69, 9.17) is 0 Å². The fraction of sp³-hybridized carbons (Fsp3) is 0.947. The summed E-state index contributed by atoms with van der Waals surface area (Å²) in [6, 6.07) is 0. The Morgan fingerprint density at radius 2 is 0.447 bits per heavy atom. The Morgan fingerprint density at radius 3 is 0.632 bits per heavy atom. The molecule has 38 heavy (non-hydrogen) atoms. The van der Waals surface area contributed by atoms with E-state index in [2.05, 4.69) is 26.0 Å². The van der Waals surface area contributed by atoms with Gasteiger partial charge in [-0.15, -0.1) is 0 Å². The molecule has 0 N–H and O–H groups in total. The molecule has 0 heteroatoms. The molecule has 0 fully saturated rings. The third-order valence-electron chi connectivity index (χ3n) is 8.71. The van der Waals surface area contributed by atoms with Crippen LogP contribution in [0.4, 0.5) is 0 Å². The van der Waals surface area contributed by atoms with E-state index in [-0.39, 0.29) is 0 Å². The van der Waals surface area contributed by atoms with Crippen molar-refractivity contribution in [3.05, 3.63) is 12.2 Å². The predicted octanol–water partition coefficient (Wildman–Crippen LogP) is 14.8. The molecule has 0 aliphatic heterocycles. The Bertz CT molecular complexity index is 408. The molecule has 0 amide bonds. The van der Waals surface area contributed by atoms with E-state index in [1.165, 1.54) is 218 Å². The van der Waals surface area contributed by atoms with Crippen molar-refractivity contribution in [3.8, 4) is 0 Å². The van der Waals surface area contributed by atoms with Gasteiger partial charge in [0.25, 0.3) is 0 Å². The molecule has 0 aromatic rings. The number of allylic oxidation sites excluding steroid dienone is 2. The van der Waals surface area contributed by atoms with Gasteiger partial charge in [-0.2, -0.15) is 0 Å². The molecular weight excluding hydrogens is 456 g/mol. The van der Waals surface area contributed by atoms with E-state index in [1.54, 1.807) is 0 Å². The summed E-state index contributed by atoms with van der Waals surface area (Å²) < 4.78 is 0. The second-order valence-electron chi connectivity index (χ2n) is 12.7. The van der Waals surface area contributed by atoms with Crippen LogP contribution < -0.4 is 0 Å². The topological polar surface area (TPSA) is 0 Å². The summed E-state index contributed by atoms with van der Waals surface area (Å²) in [6.45, 7) is 4.44. The first-order valence-electron chi connectivity index (χ1n) is 18.5. The highest BCUT2D eigenvalue weighted by Crippen LogP contribution is 2.17. The van der Waals surface area contributed by atoms with Crippen LogP contribution in [-0.4, -0.2) is 0 Å². The first-order valence-corrected chi connectivity index (χ1v) is 18.5. The lowest BCUT2D eigenvalue weighted by molar-refractivity contribution is 0.511. The average Bonchev–Trinajstić information content (AvgIpc) is 2.93. The van der Waals surface area contributed by atoms with Gasteiger partial charge >= 0.3 is 0 Å². The average molecular weight is 533 g/mol. The third kappa shape index (κ3) is 35.7. The largest absolute Gasteiger partial charge is 0.0917 e. The van der Waals surface area contributed by atoms with Gasteiger partial charge in [-0.05, 0) is 19.8 Å². The molecule has 0 unspecified atom stereocenters. The van der Waals surface area contributed by atoms with Crippen LogP contribution in [0.15, 0.2) is 12.2 Å². The van der Waals surface area contributed by atoms with Gasteiger partial charge in [-0.1, -0.05) is 225 Å². The SMILES string of the molecule is CC=CCCCCCCCCCCCCCCCCCCCCCCCCCCCCCCCCCCC. The van der Waals surface area contributed by atoms with Crippen molar-refractivity contribution in [1.29, 1.82) is 0 Å². The summed E-state index contributed by atoms with van der Waals surface area (Å²) >= 11 is 0. The maximum Gasteiger partial charge on any atom is -0.0351 e. The molecule has 228 valence electrons. The van der Waals surface area contributed by atoms with Gasteiger partial charge in [0.15, 0.2) is 0 Å². The van der Waals surface area contributed by atoms with E-state index in [9.17, 15) is 0 Å². The molecule has 0 spiro atoms. The molecule has 0 saturated heterocycles. The zero-order valence-electron chi connectivity index (χ0n) is 27.2. The summed E-state index contributed by atoms with van der Waals surface area (Å²) in [4.78, 5) is 0. The summed E-state index contributed by atoms with van der Waals surface area (Å²) in [5, 5.41) is 0. The molecule has 0 saturated carbocycles. The molecule has 0 aliphatic rings. The maximum atomic E-state index is 2.31. The van der Waals surface area contributed by atoms with Gasteiger partial charge in [0, 0.05) is 0 Å². The van der Waals surface area contributed by atoms with Crippen molar-refractivity contribution < 1.29 is 0 Å². The van der Waals surface area contributed by atoms with E-state index in [0.29, 0.717) is 0 Å². The molecule has 0 aromatic carbocycles. The van der Waals surface area contributed by atoms with Crippen LogP contribution in [0.1, 0.15) is 232 Å². The third-order valence-corrected chi connectivity index (χ3v) is 8.71. The number of hydrogen-bond acceptors (Lipinski definition) is 0. The molecule has 0 aliphatic carbocycles. The van der Waals surface area contributed by atoms with E-state index >= 15 is 0 Å². The lowest BCUT2D eigenvalue weighted by atomic mass is 10.0. The van der Waals surface area contributed by atoms with Gasteiger partial charge < -0.3 is 0 Å². The minimum atomic E-state index is 1.29. The fourth-order valence-corrected chi connectivity index (χ4v) is 5.98. The van der Waals surface area contributed by atoms with Gasteiger partial charge in [-0.25, -0.2) is 0 Å². The summed E-state index contributed by atoms with van der Waals surface area (Å²) in [5.41, 5.74) is 0. The Hall–Kier alpha value is -0.260. The van der Waals surface area contributed by atoms with Gasteiger partial charge in [0.2, 0.25) is 0 Å². The lowest BCUT2D eigenvalue weighted by Gasteiger charge is -2.05. The second-order valence-corrected chi connectivity index (χ2v) is 12.7. The Kier molecular flexibility index (Phi) is 36.5. The van der Waals surface area contributed by atoms with E-state index < -0.39 is 0 Å². The highest BCUT2D eigenvalue weighted by atomic mass is 14.0. The Morgan fingerprint density at radius 1 is 0.263 bits per heavy atom. The van der Waals surface area contributed by atoms with E-state index in [1.807, 2.05) is 0 Å². The lowest BCUT2D eigenvalue weighted by Crippen LogP contribution is -1.85. The molecule has 0 atom stereocenters. The quantitative estimate of drug-likeness (QED) is 0.0571. The van der Waals surface area contributed by atoms with Crippen LogP contribution in [0.25, 0.3) is 0 Å². The number of unbranched alkanes of at least 4 members (excludes halogenated alkanes) is 33. The summed E-state index contributed by atoms with van der Waals surface area (Å²) in [5.74, 6) is 0. The van der Waals surface area contributed by atoms with Gasteiger partial charge in [-0.3, -0.25) is 0 Å². The predicted molar refractivity (Wildman–Crippen MR) is 177 cm³/mol. The van der Waals surface area contributed by atoms with Crippen LogP contribution in [-0.2, 0) is 0 Å². The van der Waals surface area contributed by atoms with Crippen molar-refractivity contribution in [2.24, 2.45) is 0 Å². The van der Waals surface area contributed by atoms with Crippen molar-refractivity contribution in [1.82, 2.24) is 0 Å². The smallest absolute Gasteiger partial charge is 0.0351 e. The molecule has 0 radical (unpaired) electrons. The van der Waals surface area contributed by atoms with E-state index in [0.717, 1.165) is 0 Å². The fourth-order valence-electron chi connectivity index (χ4n) is 5.98. The monoisotopic (exact) mass is 533 g/mol. The summed E-state index contributed by atoms with van der Waals surface area (Å²) in [7, 11) is 0.